The zero-order valence-electron chi connectivity index (χ0n) is 16.7. The number of benzene rings is 2. The first-order valence-electron chi connectivity index (χ1n) is 9.36. The van der Waals surface area contributed by atoms with Crippen molar-refractivity contribution in [3.8, 4) is 5.75 Å². The van der Waals surface area contributed by atoms with E-state index in [9.17, 15) is 9.59 Å². The molecule has 1 aromatic heterocycles. The molecule has 3 rings (SSSR count). The second kappa shape index (κ2) is 8.68. The molecule has 3 aromatic rings. The van der Waals surface area contributed by atoms with Gasteiger partial charge in [0.05, 0.1) is 18.3 Å². The number of fused-ring (bicyclic) bond motifs is 1. The molecule has 7 heteroatoms. The number of hydrogen-bond donors (Lipinski definition) is 1. The molecule has 0 aliphatic carbocycles. The summed E-state index contributed by atoms with van der Waals surface area (Å²) in [6, 6.07) is 12.2. The third kappa shape index (κ3) is 3.99. The van der Waals surface area contributed by atoms with Crippen molar-refractivity contribution in [3.63, 3.8) is 0 Å². The van der Waals surface area contributed by atoms with Crippen molar-refractivity contribution in [2.75, 3.05) is 25.1 Å². The molecule has 0 bridgehead atoms. The molecule has 152 valence electrons. The van der Waals surface area contributed by atoms with Crippen LogP contribution in [0.3, 0.4) is 0 Å². The lowest BCUT2D eigenvalue weighted by molar-refractivity contribution is -0.116. The van der Waals surface area contributed by atoms with E-state index in [1.807, 2.05) is 19.1 Å². The van der Waals surface area contributed by atoms with E-state index < -0.39 is 0 Å². The highest BCUT2D eigenvalue weighted by Gasteiger charge is 2.25. The third-order valence-electron chi connectivity index (χ3n) is 4.91. The average molecular weight is 414 g/mol. The van der Waals surface area contributed by atoms with Crippen LogP contribution in [-0.4, -0.2) is 36.6 Å². The Labute approximate surface area is 174 Å². The predicted octanol–water partition coefficient (Wildman–Crippen LogP) is 4.00. The van der Waals surface area contributed by atoms with E-state index in [2.05, 4.69) is 0 Å². The number of rotatable bonds is 6. The molecule has 1 heterocycles. The van der Waals surface area contributed by atoms with Crippen LogP contribution in [-0.2, 0) is 4.79 Å². The fraction of sp³-hybridized carbons (Fsp3) is 0.273. The van der Waals surface area contributed by atoms with Crippen molar-refractivity contribution in [1.29, 1.82) is 0 Å². The monoisotopic (exact) mass is 413 g/mol. The average Bonchev–Trinajstić information content (AvgIpc) is 2.99. The van der Waals surface area contributed by atoms with Crippen LogP contribution in [0.5, 0.6) is 5.75 Å². The van der Waals surface area contributed by atoms with E-state index in [0.29, 0.717) is 52.7 Å². The largest absolute Gasteiger partial charge is 0.497 e. The van der Waals surface area contributed by atoms with Crippen molar-refractivity contribution < 1.29 is 14.3 Å². The first-order chi connectivity index (χ1) is 13.9. The van der Waals surface area contributed by atoms with Crippen LogP contribution in [0.25, 0.3) is 10.9 Å². The Bertz CT molecular complexity index is 1060. The molecular weight excluding hydrogens is 390 g/mol. The van der Waals surface area contributed by atoms with Gasteiger partial charge in [0.15, 0.2) is 0 Å². The number of halogens is 1. The maximum absolute atomic E-state index is 13.3. The van der Waals surface area contributed by atoms with Gasteiger partial charge in [-0.05, 0) is 62.4 Å². The number of aromatic nitrogens is 1. The number of nitrogens with two attached hydrogens (primary N) is 1. The number of carbonyl (C=O) groups excluding carboxylic acids is 2. The Morgan fingerprint density at radius 1 is 1.17 bits per heavy atom. The van der Waals surface area contributed by atoms with Crippen LogP contribution in [0, 0.1) is 6.92 Å². The summed E-state index contributed by atoms with van der Waals surface area (Å²) in [6.45, 7) is 4.29. The van der Waals surface area contributed by atoms with Gasteiger partial charge in [0.1, 0.15) is 5.75 Å². The van der Waals surface area contributed by atoms with Gasteiger partial charge in [-0.25, -0.2) is 0 Å². The van der Waals surface area contributed by atoms with E-state index in [0.717, 1.165) is 5.39 Å². The highest BCUT2D eigenvalue weighted by Crippen LogP contribution is 2.37. The Morgan fingerprint density at radius 2 is 1.86 bits per heavy atom. The van der Waals surface area contributed by atoms with Crippen molar-refractivity contribution in [3.05, 3.63) is 58.7 Å². The number of carbonyl (C=O) groups is 2. The van der Waals surface area contributed by atoms with Crippen molar-refractivity contribution >= 4 is 40.0 Å². The van der Waals surface area contributed by atoms with E-state index in [4.69, 9.17) is 22.1 Å². The van der Waals surface area contributed by atoms with E-state index in [1.165, 1.54) is 6.92 Å². The number of nitrogens with zero attached hydrogens (tertiary/aromatic N) is 2. The highest BCUT2D eigenvalue weighted by molar-refractivity contribution is 6.30. The fourth-order valence-corrected chi connectivity index (χ4v) is 3.63. The Kier molecular flexibility index (Phi) is 6.25. The highest BCUT2D eigenvalue weighted by atomic mass is 35.5. The molecular formula is C22H24ClN3O3. The van der Waals surface area contributed by atoms with Crippen molar-refractivity contribution in [1.82, 2.24) is 4.57 Å². The minimum Gasteiger partial charge on any atom is -0.497 e. The zero-order valence-corrected chi connectivity index (χ0v) is 17.5. The van der Waals surface area contributed by atoms with Crippen molar-refractivity contribution in [2.24, 2.45) is 5.73 Å². The molecule has 0 saturated heterocycles. The molecule has 1 amide bonds. The van der Waals surface area contributed by atoms with Crippen LogP contribution >= 0.6 is 11.6 Å². The number of ether oxygens (including phenoxy) is 1. The minimum atomic E-state index is -0.192. The smallest absolute Gasteiger partial charge is 0.262 e. The summed E-state index contributed by atoms with van der Waals surface area (Å²) in [7, 11) is 1.58. The Hall–Kier alpha value is -2.83. The molecule has 0 saturated carbocycles. The van der Waals surface area contributed by atoms with Gasteiger partial charge in [-0.15, -0.1) is 0 Å². The second-order valence-corrected chi connectivity index (χ2v) is 7.21. The molecule has 0 fully saturated rings. The molecule has 0 radical (unpaired) electrons. The van der Waals surface area contributed by atoms with Gasteiger partial charge in [0.25, 0.3) is 5.91 Å². The molecule has 0 atom stereocenters. The van der Waals surface area contributed by atoms with Crippen LogP contribution < -0.4 is 15.4 Å². The van der Waals surface area contributed by atoms with Gasteiger partial charge in [0.2, 0.25) is 5.91 Å². The zero-order chi connectivity index (χ0) is 21.1. The van der Waals surface area contributed by atoms with Gasteiger partial charge < -0.3 is 15.4 Å². The summed E-state index contributed by atoms with van der Waals surface area (Å²) in [4.78, 5) is 27.4. The Balaban J connectivity index is 2.25. The minimum absolute atomic E-state index is 0.109. The predicted molar refractivity (Wildman–Crippen MR) is 116 cm³/mol. The third-order valence-corrected chi connectivity index (χ3v) is 5.16. The van der Waals surface area contributed by atoms with Crippen LogP contribution in [0.4, 0.5) is 5.69 Å². The normalized spacial score (nSPS) is 10.9. The quantitative estimate of drug-likeness (QED) is 0.662. The first kappa shape index (κ1) is 20.9. The summed E-state index contributed by atoms with van der Waals surface area (Å²) in [5.74, 6) is 0.349. The lowest BCUT2D eigenvalue weighted by Crippen LogP contribution is -2.31. The molecule has 29 heavy (non-hydrogen) atoms. The van der Waals surface area contributed by atoms with Crippen LogP contribution in [0.15, 0.2) is 42.5 Å². The molecule has 0 aliphatic rings. The number of anilines is 1. The molecule has 6 nitrogen and oxygen atoms in total. The number of hydrogen-bond acceptors (Lipinski definition) is 4. The lowest BCUT2D eigenvalue weighted by atomic mass is 10.2. The lowest BCUT2D eigenvalue weighted by Gasteiger charge is -2.21. The SMILES string of the molecule is COc1ccc2c(c1)c(N(CCCN)C(C)=O)c(C)n2C(=O)c1ccc(Cl)cc1. The Morgan fingerprint density at radius 3 is 2.45 bits per heavy atom. The summed E-state index contributed by atoms with van der Waals surface area (Å²) < 4.78 is 7.00. The maximum Gasteiger partial charge on any atom is 0.262 e. The summed E-state index contributed by atoms with van der Waals surface area (Å²) in [6.07, 6.45) is 0.654. The molecule has 2 aromatic carbocycles. The standard InChI is InChI=1S/C22H24ClN3O3/c1-14-21(25(15(2)27)12-4-11-24)19-13-18(29-3)9-10-20(19)26(14)22(28)16-5-7-17(23)8-6-16/h5-10,13H,4,11-12,24H2,1-3H3. The van der Waals surface area contributed by atoms with E-state index in [1.54, 1.807) is 46.9 Å². The second-order valence-electron chi connectivity index (χ2n) is 6.78. The van der Waals surface area contributed by atoms with Gasteiger partial charge in [-0.1, -0.05) is 11.6 Å². The van der Waals surface area contributed by atoms with Gasteiger partial charge >= 0.3 is 0 Å². The molecule has 0 unspecified atom stereocenters. The summed E-state index contributed by atoms with van der Waals surface area (Å²) in [5.41, 5.74) is 8.26. The maximum atomic E-state index is 13.3. The number of amides is 1. The first-order valence-corrected chi connectivity index (χ1v) is 9.74. The topological polar surface area (TPSA) is 77.6 Å². The molecule has 2 N–H and O–H groups in total. The van der Waals surface area contributed by atoms with Gasteiger partial charge in [-0.3, -0.25) is 14.2 Å². The van der Waals surface area contributed by atoms with E-state index in [-0.39, 0.29) is 11.8 Å². The van der Waals surface area contributed by atoms with Crippen LogP contribution in [0.1, 0.15) is 29.4 Å². The number of methoxy groups -OCH3 is 1. The van der Waals surface area contributed by atoms with Crippen molar-refractivity contribution in [2.45, 2.75) is 20.3 Å². The summed E-state index contributed by atoms with van der Waals surface area (Å²) >= 11 is 5.96. The van der Waals surface area contributed by atoms with E-state index >= 15 is 0 Å². The van der Waals surface area contributed by atoms with Gasteiger partial charge in [-0.2, -0.15) is 0 Å². The van der Waals surface area contributed by atoms with Gasteiger partial charge in [0, 0.05) is 35.1 Å². The van der Waals surface area contributed by atoms with Crippen LogP contribution in [0.2, 0.25) is 5.02 Å². The molecule has 0 spiro atoms. The summed E-state index contributed by atoms with van der Waals surface area (Å²) in [5, 5.41) is 1.34. The fourth-order valence-electron chi connectivity index (χ4n) is 3.51. The molecule has 0 aliphatic heterocycles.